The predicted molar refractivity (Wildman–Crippen MR) is 161 cm³/mol. The molecule has 1 aliphatic carbocycles. The number of carbonyl (C=O) groups is 1. The standard InChI is InChI=1S/C30H39FN3O9P/c1-8-19-15-29(6,9-2)22-14-20(10-11-21(19)22)43-44(39,33-18(5)26(37)41-17(3)4)40-16-23-25(36)30(7,31)27(42-23)34-13-12-24(35)32-28(34)38/h8,10-15,17-18,23,25,27,36H,1,9,16H2,2-7H3,(H,33,39)(H,32,35,38). The number of benzene rings is 1. The molecule has 12 nitrogen and oxygen atoms in total. The van der Waals surface area contributed by atoms with Crippen LogP contribution in [0.3, 0.4) is 0 Å². The number of aromatic nitrogens is 2. The Morgan fingerprint density at radius 2 is 2.00 bits per heavy atom. The molecule has 3 N–H and O–H groups in total. The topological polar surface area (TPSA) is 158 Å². The van der Waals surface area contributed by atoms with Crippen molar-refractivity contribution in [2.45, 2.75) is 89.6 Å². The van der Waals surface area contributed by atoms with Gasteiger partial charge in [-0.2, -0.15) is 5.09 Å². The Morgan fingerprint density at radius 3 is 2.61 bits per heavy atom. The lowest BCUT2D eigenvalue weighted by Gasteiger charge is -2.26. The van der Waals surface area contributed by atoms with Crippen molar-refractivity contribution in [1.29, 1.82) is 0 Å². The molecule has 1 aromatic heterocycles. The Kier molecular flexibility index (Phi) is 9.58. The van der Waals surface area contributed by atoms with Crippen LogP contribution in [0.25, 0.3) is 5.57 Å². The van der Waals surface area contributed by atoms with Gasteiger partial charge in [-0.05, 0) is 62.9 Å². The quantitative estimate of drug-likeness (QED) is 0.231. The van der Waals surface area contributed by atoms with Gasteiger partial charge in [0.05, 0.1) is 12.7 Å². The largest absolute Gasteiger partial charge is 0.462 e. The lowest BCUT2D eigenvalue weighted by Crippen LogP contribution is -2.43. The molecular formula is C30H39FN3O9P. The van der Waals surface area contributed by atoms with Gasteiger partial charge in [-0.3, -0.25) is 23.7 Å². The van der Waals surface area contributed by atoms with E-state index in [4.69, 9.17) is 18.5 Å². The predicted octanol–water partition coefficient (Wildman–Crippen LogP) is 3.91. The zero-order valence-electron chi connectivity index (χ0n) is 25.5. The van der Waals surface area contributed by atoms with Crippen LogP contribution in [0.5, 0.6) is 5.75 Å². The molecule has 7 unspecified atom stereocenters. The van der Waals surface area contributed by atoms with E-state index in [1.807, 2.05) is 18.0 Å². The first-order chi connectivity index (χ1) is 20.5. The maximum absolute atomic E-state index is 15.7. The van der Waals surface area contributed by atoms with Gasteiger partial charge in [0.15, 0.2) is 11.9 Å². The summed E-state index contributed by atoms with van der Waals surface area (Å²) in [7, 11) is -4.44. The highest BCUT2D eigenvalue weighted by molar-refractivity contribution is 7.52. The number of H-pyrrole nitrogens is 1. The maximum Gasteiger partial charge on any atom is 0.459 e. The van der Waals surface area contributed by atoms with Crippen molar-refractivity contribution in [1.82, 2.24) is 14.6 Å². The summed E-state index contributed by atoms with van der Waals surface area (Å²) in [5.41, 5.74) is -1.67. The van der Waals surface area contributed by atoms with E-state index in [1.54, 1.807) is 32.1 Å². The molecule has 1 aromatic carbocycles. The number of nitrogens with zero attached hydrogens (tertiary/aromatic N) is 1. The third-order valence-electron chi connectivity index (χ3n) is 7.86. The zero-order valence-corrected chi connectivity index (χ0v) is 26.4. The highest BCUT2D eigenvalue weighted by Crippen LogP contribution is 2.50. The van der Waals surface area contributed by atoms with Crippen LogP contribution in [0.15, 0.2) is 58.8 Å². The molecule has 1 fully saturated rings. The van der Waals surface area contributed by atoms with E-state index >= 15 is 4.39 Å². The number of alkyl halides is 1. The summed E-state index contributed by atoms with van der Waals surface area (Å²) in [6, 6.07) is 5.00. The fourth-order valence-electron chi connectivity index (χ4n) is 5.25. The monoisotopic (exact) mass is 635 g/mol. The van der Waals surface area contributed by atoms with Gasteiger partial charge in [0.1, 0.15) is 24.0 Å². The number of esters is 1. The van der Waals surface area contributed by atoms with Gasteiger partial charge in [-0.15, -0.1) is 0 Å². The Labute approximate surface area is 254 Å². The number of carbonyl (C=O) groups excluding carboxylic acids is 1. The maximum atomic E-state index is 15.7. The third kappa shape index (κ3) is 6.67. The highest BCUT2D eigenvalue weighted by Gasteiger charge is 2.56. The molecule has 1 saturated heterocycles. The first-order valence-corrected chi connectivity index (χ1v) is 15.8. The first-order valence-electron chi connectivity index (χ1n) is 14.3. The van der Waals surface area contributed by atoms with Gasteiger partial charge in [0.2, 0.25) is 0 Å². The minimum atomic E-state index is -4.44. The molecule has 14 heteroatoms. The molecular weight excluding hydrogens is 596 g/mol. The summed E-state index contributed by atoms with van der Waals surface area (Å²) in [4.78, 5) is 38.4. The Morgan fingerprint density at radius 1 is 1.30 bits per heavy atom. The number of aliphatic hydroxyl groups excluding tert-OH is 1. The van der Waals surface area contributed by atoms with E-state index in [2.05, 4.69) is 24.7 Å². The molecule has 2 aromatic rings. The molecule has 0 bridgehead atoms. The average Bonchev–Trinajstić information content (AvgIpc) is 3.36. The third-order valence-corrected chi connectivity index (χ3v) is 9.50. The Bertz CT molecular complexity index is 1620. The molecule has 0 amide bonds. The lowest BCUT2D eigenvalue weighted by molar-refractivity contribution is -0.149. The van der Waals surface area contributed by atoms with Gasteiger partial charge in [-0.25, -0.2) is 13.8 Å². The van der Waals surface area contributed by atoms with Crippen LogP contribution in [0.2, 0.25) is 0 Å². The second-order valence-corrected chi connectivity index (χ2v) is 13.3. The van der Waals surface area contributed by atoms with Crippen LogP contribution in [0.4, 0.5) is 4.39 Å². The highest BCUT2D eigenvalue weighted by atomic mass is 31.2. The molecule has 44 heavy (non-hydrogen) atoms. The minimum Gasteiger partial charge on any atom is -0.462 e. The fourth-order valence-corrected chi connectivity index (χ4v) is 6.75. The van der Waals surface area contributed by atoms with Gasteiger partial charge in [-0.1, -0.05) is 38.6 Å². The van der Waals surface area contributed by atoms with Crippen LogP contribution >= 0.6 is 7.75 Å². The minimum absolute atomic E-state index is 0.170. The number of halogens is 1. The summed E-state index contributed by atoms with van der Waals surface area (Å²) in [5, 5.41) is 13.4. The molecule has 1 aliphatic heterocycles. The van der Waals surface area contributed by atoms with Crippen molar-refractivity contribution in [3.8, 4) is 5.75 Å². The van der Waals surface area contributed by atoms with Crippen LogP contribution in [-0.4, -0.2) is 57.3 Å². The van der Waals surface area contributed by atoms with Crippen molar-refractivity contribution in [2.75, 3.05) is 6.61 Å². The second kappa shape index (κ2) is 12.6. The normalized spacial score (nSPS) is 28.2. The number of hydrogen-bond acceptors (Lipinski definition) is 9. The van der Waals surface area contributed by atoms with Gasteiger partial charge < -0.3 is 19.1 Å². The van der Waals surface area contributed by atoms with Crippen molar-refractivity contribution < 1.29 is 37.4 Å². The molecule has 7 atom stereocenters. The molecule has 4 rings (SSSR count). The van der Waals surface area contributed by atoms with Crippen LogP contribution in [0, 0.1) is 0 Å². The summed E-state index contributed by atoms with van der Waals surface area (Å²) in [5.74, 6) is -0.547. The van der Waals surface area contributed by atoms with Crippen LogP contribution < -0.4 is 20.9 Å². The lowest BCUT2D eigenvalue weighted by atomic mass is 9.82. The number of allylic oxidation sites excluding steroid dienone is 3. The number of aromatic amines is 1. The van der Waals surface area contributed by atoms with Crippen molar-refractivity contribution >= 4 is 19.3 Å². The molecule has 2 heterocycles. The van der Waals surface area contributed by atoms with E-state index in [0.717, 1.165) is 46.9 Å². The molecule has 240 valence electrons. The summed E-state index contributed by atoms with van der Waals surface area (Å²) >= 11 is 0. The zero-order chi connectivity index (χ0) is 32.6. The molecule has 2 aliphatic rings. The summed E-state index contributed by atoms with van der Waals surface area (Å²) in [6.07, 6.45) is 0.330. The smallest absolute Gasteiger partial charge is 0.459 e. The van der Waals surface area contributed by atoms with E-state index in [9.17, 15) is 24.1 Å². The average molecular weight is 636 g/mol. The fraction of sp³-hybridized carbons (Fsp3) is 0.500. The first kappa shape index (κ1) is 33.5. The van der Waals surface area contributed by atoms with Gasteiger partial charge in [0.25, 0.3) is 5.56 Å². The number of rotatable bonds is 12. The number of ether oxygens (including phenoxy) is 2. The number of hydrogen-bond donors (Lipinski definition) is 3. The van der Waals surface area contributed by atoms with Gasteiger partial charge >= 0.3 is 19.4 Å². The summed E-state index contributed by atoms with van der Waals surface area (Å²) < 4.78 is 53.1. The van der Waals surface area contributed by atoms with E-state index in [-0.39, 0.29) is 11.2 Å². The van der Waals surface area contributed by atoms with Crippen LogP contribution in [-0.2, 0) is 28.8 Å². The van der Waals surface area contributed by atoms with E-state index in [1.165, 1.54) is 6.92 Å². The van der Waals surface area contributed by atoms with Crippen LogP contribution in [0.1, 0.15) is 65.3 Å². The van der Waals surface area contributed by atoms with Gasteiger partial charge in [0, 0.05) is 17.7 Å². The number of aliphatic hydroxyl groups is 1. The van der Waals surface area contributed by atoms with Crippen molar-refractivity contribution in [3.63, 3.8) is 0 Å². The second-order valence-electron chi connectivity index (χ2n) is 11.6. The van der Waals surface area contributed by atoms with Crippen molar-refractivity contribution in [3.05, 3.63) is 81.2 Å². The van der Waals surface area contributed by atoms with E-state index < -0.39 is 67.8 Å². The molecule has 0 radical (unpaired) electrons. The van der Waals surface area contributed by atoms with E-state index in [0.29, 0.717) is 0 Å². The summed E-state index contributed by atoms with van der Waals surface area (Å²) in [6.45, 7) is 13.1. The molecule has 0 spiro atoms. The SMILES string of the molecule is C=CC1=CC(C)(CC)c2cc(OP(=O)(NC(C)C(=O)OC(C)C)OCC3OC(n4ccc(=O)[nH]c4=O)C(C)(F)C3O)ccc21. The Balaban J connectivity index is 1.61. The number of nitrogens with one attached hydrogen (secondary N) is 2. The van der Waals surface area contributed by atoms with Crippen molar-refractivity contribution in [2.24, 2.45) is 0 Å². The molecule has 0 saturated carbocycles. The Hall–Kier alpha value is -3.35. The number of fused-ring (bicyclic) bond motifs is 1.